The molecule has 3 heterocycles. The Morgan fingerprint density at radius 1 is 1.26 bits per heavy atom. The van der Waals surface area contributed by atoms with Crippen LogP contribution in [0.2, 0.25) is 0 Å². The molecule has 1 saturated heterocycles. The summed E-state index contributed by atoms with van der Waals surface area (Å²) in [7, 11) is 0. The Bertz CT molecular complexity index is 680. The molecule has 8 heteroatoms. The van der Waals surface area contributed by atoms with Gasteiger partial charge in [0, 0.05) is 18.8 Å². The van der Waals surface area contributed by atoms with Gasteiger partial charge in [-0.3, -0.25) is 4.79 Å². The summed E-state index contributed by atoms with van der Waals surface area (Å²) in [6, 6.07) is 5.73. The molecule has 0 aromatic carbocycles. The standard InChI is InChI=1S/C15H19N5O2S/c1-11-9-12(2)20(18-11)13-3-4-14(17-16-13)23-10-15(21)19-5-7-22-8-6-19/h3-4,9H,5-8,10H2,1-2H3. The molecule has 1 fully saturated rings. The van der Waals surface area contributed by atoms with Crippen molar-refractivity contribution in [3.8, 4) is 5.82 Å². The van der Waals surface area contributed by atoms with Crippen molar-refractivity contribution < 1.29 is 9.53 Å². The molecular formula is C15H19N5O2S. The highest BCUT2D eigenvalue weighted by Gasteiger charge is 2.17. The first-order chi connectivity index (χ1) is 11.1. The number of hydrogen-bond acceptors (Lipinski definition) is 6. The fourth-order valence-corrected chi connectivity index (χ4v) is 3.12. The zero-order valence-electron chi connectivity index (χ0n) is 13.2. The van der Waals surface area contributed by atoms with Crippen LogP contribution in [0.5, 0.6) is 0 Å². The van der Waals surface area contributed by atoms with E-state index in [0.29, 0.717) is 37.9 Å². The van der Waals surface area contributed by atoms with Gasteiger partial charge in [-0.25, -0.2) is 4.68 Å². The second-order valence-corrected chi connectivity index (χ2v) is 6.35. The number of amides is 1. The van der Waals surface area contributed by atoms with E-state index < -0.39 is 0 Å². The minimum Gasteiger partial charge on any atom is -0.378 e. The van der Waals surface area contributed by atoms with Crippen LogP contribution >= 0.6 is 11.8 Å². The number of aryl methyl sites for hydroxylation is 2. The molecule has 0 bridgehead atoms. The molecule has 0 unspecified atom stereocenters. The van der Waals surface area contributed by atoms with Crippen molar-refractivity contribution in [3.05, 3.63) is 29.6 Å². The maximum Gasteiger partial charge on any atom is 0.233 e. The molecule has 1 aliphatic heterocycles. The summed E-state index contributed by atoms with van der Waals surface area (Å²) in [5.41, 5.74) is 1.96. The summed E-state index contributed by atoms with van der Waals surface area (Å²) in [5, 5.41) is 13.5. The fraction of sp³-hybridized carbons (Fsp3) is 0.467. The number of rotatable bonds is 4. The minimum atomic E-state index is 0.114. The molecule has 0 N–H and O–H groups in total. The van der Waals surface area contributed by atoms with E-state index in [9.17, 15) is 4.79 Å². The van der Waals surface area contributed by atoms with Crippen molar-refractivity contribution >= 4 is 17.7 Å². The largest absolute Gasteiger partial charge is 0.378 e. The first-order valence-corrected chi connectivity index (χ1v) is 8.48. The van der Waals surface area contributed by atoms with Crippen molar-refractivity contribution in [2.24, 2.45) is 0 Å². The maximum atomic E-state index is 12.1. The van der Waals surface area contributed by atoms with Gasteiger partial charge in [0.15, 0.2) is 5.82 Å². The third kappa shape index (κ3) is 3.89. The highest BCUT2D eigenvalue weighted by molar-refractivity contribution is 7.99. The Morgan fingerprint density at radius 3 is 2.65 bits per heavy atom. The summed E-state index contributed by atoms with van der Waals surface area (Å²) in [6.07, 6.45) is 0. The minimum absolute atomic E-state index is 0.114. The van der Waals surface area contributed by atoms with Crippen LogP contribution in [-0.4, -0.2) is 62.8 Å². The molecule has 0 radical (unpaired) electrons. The molecule has 122 valence electrons. The smallest absolute Gasteiger partial charge is 0.233 e. The molecule has 1 aliphatic rings. The van der Waals surface area contributed by atoms with E-state index in [1.807, 2.05) is 36.9 Å². The fourth-order valence-electron chi connectivity index (χ4n) is 2.40. The Morgan fingerprint density at radius 2 is 2.04 bits per heavy atom. The molecular weight excluding hydrogens is 314 g/mol. The van der Waals surface area contributed by atoms with Gasteiger partial charge in [0.2, 0.25) is 5.91 Å². The lowest BCUT2D eigenvalue weighted by molar-refractivity contribution is -0.132. The lowest BCUT2D eigenvalue weighted by atomic mass is 10.4. The molecule has 0 atom stereocenters. The third-order valence-electron chi connectivity index (χ3n) is 3.56. The summed E-state index contributed by atoms with van der Waals surface area (Å²) in [5.74, 6) is 1.16. The van der Waals surface area contributed by atoms with Crippen molar-refractivity contribution in [1.29, 1.82) is 0 Å². The van der Waals surface area contributed by atoms with Crippen LogP contribution in [0.3, 0.4) is 0 Å². The van der Waals surface area contributed by atoms with Gasteiger partial charge < -0.3 is 9.64 Å². The van der Waals surface area contributed by atoms with Gasteiger partial charge in [-0.2, -0.15) is 5.10 Å². The first-order valence-electron chi connectivity index (χ1n) is 7.49. The summed E-state index contributed by atoms with van der Waals surface area (Å²) in [4.78, 5) is 13.9. The number of thioether (sulfide) groups is 1. The van der Waals surface area contributed by atoms with Crippen LogP contribution in [0, 0.1) is 13.8 Å². The maximum absolute atomic E-state index is 12.1. The number of ether oxygens (including phenoxy) is 1. The second kappa shape index (κ2) is 7.10. The number of morpholine rings is 1. The van der Waals surface area contributed by atoms with Gasteiger partial charge in [-0.05, 0) is 32.0 Å². The highest BCUT2D eigenvalue weighted by Crippen LogP contribution is 2.17. The van der Waals surface area contributed by atoms with Crippen molar-refractivity contribution in [2.75, 3.05) is 32.1 Å². The van der Waals surface area contributed by atoms with Crippen molar-refractivity contribution in [2.45, 2.75) is 18.9 Å². The third-order valence-corrected chi connectivity index (χ3v) is 4.46. The van der Waals surface area contributed by atoms with Gasteiger partial charge in [-0.15, -0.1) is 10.2 Å². The van der Waals surface area contributed by atoms with Crippen LogP contribution in [0.4, 0.5) is 0 Å². The number of hydrogen-bond donors (Lipinski definition) is 0. The van der Waals surface area contributed by atoms with E-state index in [4.69, 9.17) is 4.74 Å². The van der Waals surface area contributed by atoms with Crippen LogP contribution < -0.4 is 0 Å². The lowest BCUT2D eigenvalue weighted by Crippen LogP contribution is -2.41. The summed E-state index contributed by atoms with van der Waals surface area (Å²) in [6.45, 7) is 6.49. The Balaban J connectivity index is 1.59. The van der Waals surface area contributed by atoms with E-state index in [-0.39, 0.29) is 5.91 Å². The molecule has 1 amide bonds. The number of carbonyl (C=O) groups excluding carboxylic acids is 1. The molecule has 2 aromatic heterocycles. The summed E-state index contributed by atoms with van der Waals surface area (Å²) >= 11 is 1.40. The van der Waals surface area contributed by atoms with Crippen LogP contribution in [-0.2, 0) is 9.53 Å². The van der Waals surface area contributed by atoms with E-state index >= 15 is 0 Å². The molecule has 7 nitrogen and oxygen atoms in total. The van der Waals surface area contributed by atoms with Crippen LogP contribution in [0.15, 0.2) is 23.2 Å². The van der Waals surface area contributed by atoms with Crippen LogP contribution in [0.1, 0.15) is 11.4 Å². The van der Waals surface area contributed by atoms with Crippen molar-refractivity contribution in [1.82, 2.24) is 24.9 Å². The van der Waals surface area contributed by atoms with Gasteiger partial charge in [-0.1, -0.05) is 11.8 Å². The van der Waals surface area contributed by atoms with Crippen LogP contribution in [0.25, 0.3) is 5.82 Å². The predicted molar refractivity (Wildman–Crippen MR) is 86.8 cm³/mol. The topological polar surface area (TPSA) is 73.1 Å². The highest BCUT2D eigenvalue weighted by atomic mass is 32.2. The van der Waals surface area contributed by atoms with Gasteiger partial charge in [0.1, 0.15) is 5.03 Å². The monoisotopic (exact) mass is 333 g/mol. The average molecular weight is 333 g/mol. The van der Waals surface area contributed by atoms with E-state index in [0.717, 1.165) is 16.4 Å². The Labute approximate surface area is 139 Å². The SMILES string of the molecule is Cc1cc(C)n(-c2ccc(SCC(=O)N3CCOCC3)nn2)n1. The van der Waals surface area contributed by atoms with E-state index in [2.05, 4.69) is 15.3 Å². The second-order valence-electron chi connectivity index (χ2n) is 5.35. The molecule has 0 saturated carbocycles. The zero-order valence-corrected chi connectivity index (χ0v) is 14.0. The lowest BCUT2D eigenvalue weighted by Gasteiger charge is -2.26. The molecule has 23 heavy (non-hydrogen) atoms. The van der Waals surface area contributed by atoms with Gasteiger partial charge in [0.05, 0.1) is 24.7 Å². The Hall–Kier alpha value is -1.93. The van der Waals surface area contributed by atoms with Gasteiger partial charge >= 0.3 is 0 Å². The quantitative estimate of drug-likeness (QED) is 0.784. The molecule has 3 rings (SSSR count). The number of nitrogens with zero attached hydrogens (tertiary/aromatic N) is 5. The normalized spacial score (nSPS) is 15.0. The van der Waals surface area contributed by atoms with E-state index in [1.165, 1.54) is 11.8 Å². The summed E-state index contributed by atoms with van der Waals surface area (Å²) < 4.78 is 7.01. The first kappa shape index (κ1) is 15.9. The van der Waals surface area contributed by atoms with Crippen molar-refractivity contribution in [3.63, 3.8) is 0 Å². The number of carbonyl (C=O) groups is 1. The molecule has 0 aliphatic carbocycles. The van der Waals surface area contributed by atoms with E-state index in [1.54, 1.807) is 4.68 Å². The number of aromatic nitrogens is 4. The molecule has 0 spiro atoms. The van der Waals surface area contributed by atoms with Gasteiger partial charge in [0.25, 0.3) is 0 Å². The predicted octanol–water partition coefficient (Wildman–Crippen LogP) is 1.23. The zero-order chi connectivity index (χ0) is 16.2. The molecule has 2 aromatic rings. The average Bonchev–Trinajstić information content (AvgIpc) is 2.92. The Kier molecular flexibility index (Phi) is 4.92.